The van der Waals surface area contributed by atoms with Gasteiger partial charge in [0.1, 0.15) is 5.75 Å². The van der Waals surface area contributed by atoms with Crippen LogP contribution in [0.3, 0.4) is 0 Å². The summed E-state index contributed by atoms with van der Waals surface area (Å²) in [5.74, 6) is -0.256. The second kappa shape index (κ2) is 6.01. The van der Waals surface area contributed by atoms with Gasteiger partial charge in [-0.3, -0.25) is 9.48 Å². The number of aryl methyl sites for hydroxylation is 1. The Morgan fingerprint density at radius 1 is 1.25 bits per heavy atom. The maximum atomic E-state index is 11.8. The van der Waals surface area contributed by atoms with Gasteiger partial charge in [-0.2, -0.15) is 5.10 Å². The van der Waals surface area contributed by atoms with Crippen molar-refractivity contribution in [3.63, 3.8) is 0 Å². The van der Waals surface area contributed by atoms with Crippen molar-refractivity contribution in [3.05, 3.63) is 47.8 Å². The fourth-order valence-corrected chi connectivity index (χ4v) is 1.63. The van der Waals surface area contributed by atoms with E-state index in [-0.39, 0.29) is 5.91 Å². The molecule has 0 saturated carbocycles. The Morgan fingerprint density at radius 2 is 1.95 bits per heavy atom. The summed E-state index contributed by atoms with van der Waals surface area (Å²) in [6.45, 7) is 2.42. The number of ether oxygens (including phenoxy) is 1. The first-order valence-corrected chi connectivity index (χ1v) is 6.19. The molecule has 0 saturated heterocycles. The largest absolute Gasteiger partial charge is 0.423 e. The highest BCUT2D eigenvalue weighted by Gasteiger charge is 2.11. The summed E-state index contributed by atoms with van der Waals surface area (Å²) < 4.78 is 6.71. The number of carbonyl (C=O) groups excluding carboxylic acids is 2. The molecule has 0 atom stereocenters. The first kappa shape index (κ1) is 13.8. The van der Waals surface area contributed by atoms with E-state index < -0.39 is 5.97 Å². The molecule has 1 aromatic heterocycles. The zero-order valence-electron chi connectivity index (χ0n) is 11.3. The van der Waals surface area contributed by atoms with E-state index in [2.05, 4.69) is 10.4 Å². The fourth-order valence-electron chi connectivity index (χ4n) is 1.63. The fraction of sp³-hybridized carbons (Fsp3) is 0.214. The molecule has 0 aliphatic carbocycles. The van der Waals surface area contributed by atoms with Crippen molar-refractivity contribution in [2.75, 3.05) is 6.54 Å². The Bertz CT molecular complexity index is 617. The summed E-state index contributed by atoms with van der Waals surface area (Å²) >= 11 is 0. The number of esters is 1. The van der Waals surface area contributed by atoms with Crippen molar-refractivity contribution < 1.29 is 14.3 Å². The highest BCUT2D eigenvalue weighted by Crippen LogP contribution is 2.14. The second-order valence-electron chi connectivity index (χ2n) is 4.18. The van der Waals surface area contributed by atoms with Crippen molar-refractivity contribution in [2.45, 2.75) is 6.92 Å². The van der Waals surface area contributed by atoms with Crippen LogP contribution in [0.2, 0.25) is 0 Å². The summed E-state index contributed by atoms with van der Waals surface area (Å²) in [5.41, 5.74) is 0.897. The summed E-state index contributed by atoms with van der Waals surface area (Å²) in [4.78, 5) is 23.4. The number of hydrogen-bond acceptors (Lipinski definition) is 4. The van der Waals surface area contributed by atoms with E-state index in [9.17, 15) is 9.59 Å². The summed E-state index contributed by atoms with van der Waals surface area (Å²) in [6, 6.07) is 6.38. The maximum Gasteiger partial charge on any atom is 0.346 e. The smallest absolute Gasteiger partial charge is 0.346 e. The van der Waals surface area contributed by atoms with Gasteiger partial charge in [-0.05, 0) is 31.2 Å². The van der Waals surface area contributed by atoms with Crippen LogP contribution >= 0.6 is 0 Å². The van der Waals surface area contributed by atoms with Crippen LogP contribution in [0.15, 0.2) is 36.7 Å². The number of hydrogen-bond donors (Lipinski definition) is 1. The van der Waals surface area contributed by atoms with Gasteiger partial charge in [-0.1, -0.05) is 0 Å². The number of amides is 1. The van der Waals surface area contributed by atoms with Gasteiger partial charge in [0.25, 0.3) is 5.91 Å². The average molecular weight is 273 g/mol. The number of nitrogens with one attached hydrogen (secondary N) is 1. The van der Waals surface area contributed by atoms with Gasteiger partial charge < -0.3 is 10.1 Å². The van der Waals surface area contributed by atoms with Gasteiger partial charge in [-0.15, -0.1) is 0 Å². The SMILES string of the molecule is CCNC(=O)c1ccc(OC(=O)c2cnn(C)c2)cc1. The average Bonchev–Trinajstić information content (AvgIpc) is 2.86. The zero-order chi connectivity index (χ0) is 14.5. The third-order valence-corrected chi connectivity index (χ3v) is 2.60. The van der Waals surface area contributed by atoms with E-state index in [1.807, 2.05) is 6.92 Å². The first-order valence-electron chi connectivity index (χ1n) is 6.19. The molecule has 6 heteroatoms. The topological polar surface area (TPSA) is 73.2 Å². The van der Waals surface area contributed by atoms with E-state index >= 15 is 0 Å². The van der Waals surface area contributed by atoms with Crippen molar-refractivity contribution in [1.82, 2.24) is 15.1 Å². The highest BCUT2D eigenvalue weighted by molar-refractivity contribution is 5.94. The minimum absolute atomic E-state index is 0.155. The minimum atomic E-state index is -0.483. The van der Waals surface area contributed by atoms with Crippen LogP contribution in [0, 0.1) is 0 Å². The van der Waals surface area contributed by atoms with Crippen LogP contribution in [0.5, 0.6) is 5.75 Å². The van der Waals surface area contributed by atoms with E-state index in [1.165, 1.54) is 10.9 Å². The normalized spacial score (nSPS) is 10.1. The Labute approximate surface area is 116 Å². The Hall–Kier alpha value is -2.63. The van der Waals surface area contributed by atoms with Crippen LogP contribution in [0.4, 0.5) is 0 Å². The maximum absolute atomic E-state index is 11.8. The molecular formula is C14H15N3O3. The lowest BCUT2D eigenvalue weighted by Crippen LogP contribution is -2.22. The van der Waals surface area contributed by atoms with Crippen molar-refractivity contribution in [1.29, 1.82) is 0 Å². The van der Waals surface area contributed by atoms with Crippen LogP contribution in [0.1, 0.15) is 27.6 Å². The number of nitrogens with zero attached hydrogens (tertiary/aromatic N) is 2. The van der Waals surface area contributed by atoms with E-state index in [1.54, 1.807) is 37.5 Å². The number of rotatable bonds is 4. The third-order valence-electron chi connectivity index (χ3n) is 2.60. The molecule has 0 unspecified atom stereocenters. The standard InChI is InChI=1S/C14H15N3O3/c1-3-15-13(18)10-4-6-12(7-5-10)20-14(19)11-8-16-17(2)9-11/h4-9H,3H2,1-2H3,(H,15,18). The molecule has 0 bridgehead atoms. The van der Waals surface area contributed by atoms with E-state index in [0.717, 1.165) is 0 Å². The van der Waals surface area contributed by atoms with Crippen molar-refractivity contribution >= 4 is 11.9 Å². The molecule has 20 heavy (non-hydrogen) atoms. The van der Waals surface area contributed by atoms with Gasteiger partial charge >= 0.3 is 5.97 Å². The minimum Gasteiger partial charge on any atom is -0.423 e. The molecule has 0 aliphatic rings. The predicted octanol–water partition coefficient (Wildman–Crippen LogP) is 1.39. The lowest BCUT2D eigenvalue weighted by molar-refractivity contribution is 0.0734. The number of aromatic nitrogens is 2. The van der Waals surface area contributed by atoms with Crippen molar-refractivity contribution in [2.24, 2.45) is 7.05 Å². The molecular weight excluding hydrogens is 258 g/mol. The number of benzene rings is 1. The molecule has 1 aromatic carbocycles. The van der Waals surface area contributed by atoms with Gasteiger partial charge in [-0.25, -0.2) is 4.79 Å². The van der Waals surface area contributed by atoms with Gasteiger partial charge in [0.2, 0.25) is 0 Å². The summed E-state index contributed by atoms with van der Waals surface area (Å²) in [5, 5.41) is 6.59. The summed E-state index contributed by atoms with van der Waals surface area (Å²) in [6.07, 6.45) is 3.01. The second-order valence-corrected chi connectivity index (χ2v) is 4.18. The van der Waals surface area contributed by atoms with E-state index in [0.29, 0.717) is 23.4 Å². The summed E-state index contributed by atoms with van der Waals surface area (Å²) in [7, 11) is 1.72. The third kappa shape index (κ3) is 3.23. The van der Waals surface area contributed by atoms with Crippen LogP contribution in [0.25, 0.3) is 0 Å². The molecule has 2 aromatic rings. The van der Waals surface area contributed by atoms with Gasteiger partial charge in [0, 0.05) is 25.4 Å². The molecule has 104 valence electrons. The Morgan fingerprint density at radius 3 is 2.50 bits per heavy atom. The molecule has 1 amide bonds. The Balaban J connectivity index is 2.04. The predicted molar refractivity (Wildman–Crippen MR) is 72.6 cm³/mol. The zero-order valence-corrected chi connectivity index (χ0v) is 11.3. The Kier molecular flexibility index (Phi) is 4.14. The lowest BCUT2D eigenvalue weighted by atomic mass is 10.2. The van der Waals surface area contributed by atoms with E-state index in [4.69, 9.17) is 4.74 Å². The highest BCUT2D eigenvalue weighted by atomic mass is 16.5. The monoisotopic (exact) mass is 273 g/mol. The molecule has 0 fully saturated rings. The van der Waals surface area contributed by atoms with Gasteiger partial charge in [0.15, 0.2) is 0 Å². The molecule has 2 rings (SSSR count). The molecule has 1 heterocycles. The van der Waals surface area contributed by atoms with Crippen molar-refractivity contribution in [3.8, 4) is 5.75 Å². The molecule has 0 aliphatic heterocycles. The first-order chi connectivity index (χ1) is 9.60. The quantitative estimate of drug-likeness (QED) is 0.675. The van der Waals surface area contributed by atoms with Crippen LogP contribution in [-0.2, 0) is 7.05 Å². The van der Waals surface area contributed by atoms with Crippen LogP contribution < -0.4 is 10.1 Å². The lowest BCUT2D eigenvalue weighted by Gasteiger charge is -2.05. The number of carbonyl (C=O) groups is 2. The molecule has 1 N–H and O–H groups in total. The van der Waals surface area contributed by atoms with Gasteiger partial charge in [0.05, 0.1) is 11.8 Å². The molecule has 0 radical (unpaired) electrons. The molecule has 6 nitrogen and oxygen atoms in total. The van der Waals surface area contributed by atoms with Crippen LogP contribution in [-0.4, -0.2) is 28.2 Å². The molecule has 0 spiro atoms.